The van der Waals surface area contributed by atoms with Gasteiger partial charge in [-0.1, -0.05) is 183 Å². The number of aromatic nitrogens is 5. The molecule has 11 heterocycles. The number of Topliss-reactive ketones (excluding diaryl/α,β-unsaturated/α-hetero) is 1. The maximum atomic E-state index is 11.8. The van der Waals surface area contributed by atoms with E-state index in [2.05, 4.69) is 33.5 Å². The zero-order valence-corrected chi connectivity index (χ0v) is 86.6. The number of fused-ring (bicyclic) bond motifs is 10. The first-order valence-corrected chi connectivity index (χ1v) is 45.8. The van der Waals surface area contributed by atoms with Crippen molar-refractivity contribution in [3.8, 4) is 0 Å². The van der Waals surface area contributed by atoms with Crippen LogP contribution in [-0.2, 0) is 140 Å². The van der Waals surface area contributed by atoms with Gasteiger partial charge in [-0.25, -0.2) is 14.8 Å². The van der Waals surface area contributed by atoms with Crippen molar-refractivity contribution in [2.75, 3.05) is 108 Å². The number of ketones is 1. The average Bonchev–Trinajstić information content (AvgIpc) is 1.05. The largest absolute Gasteiger partial charge is 0.420 e. The number of amides is 9. The molecule has 1 fully saturated rings. The topological polar surface area (TPSA) is 287 Å². The Labute approximate surface area is 852 Å². The SMILES string of the molecule is CC.CC(=O)N1CN(C)C(=O)c2ccccc21.CN1C(=O)CCCCc2ccccc21.CN1C(=O)CCCc2ccccc21.CN1CC(=O)[CH-]c2ccccc21.CN1CCCCC1=O.CN1CCc2ccccc2C1=O.CN1Cc2ccccc2CC1=O.CN1Cc2ccccc2NC1=O.Cn1ccc2ccccc2c1=O.Cn1cnc2ccccc2c1=O.Cn1cnc2ccccc2c1=O.[CH3-].[V].[Y]. The van der Waals surface area contributed by atoms with Crippen LogP contribution < -0.4 is 41.6 Å². The summed E-state index contributed by atoms with van der Waals surface area (Å²) in [5.41, 5.74) is 16.4. The number of pyridine rings is 1. The van der Waals surface area contributed by atoms with Gasteiger partial charge in [0, 0.05) is 208 Å². The monoisotopic (exact) mass is 1990 g/mol. The number of carbonyl (C=O) groups excluding carboxylic acids is 9. The van der Waals surface area contributed by atoms with Gasteiger partial charge in [0.1, 0.15) is 12.5 Å². The van der Waals surface area contributed by atoms with Gasteiger partial charge in [0.05, 0.1) is 58.7 Å². The normalized spacial score (nSPS) is 14.4. The van der Waals surface area contributed by atoms with Crippen LogP contribution in [0.1, 0.15) is 132 Å². The van der Waals surface area contributed by atoms with E-state index in [0.29, 0.717) is 67.0 Å². The number of carbonyl (C=O) groups is 9. The van der Waals surface area contributed by atoms with Gasteiger partial charge < -0.3 is 70.4 Å². The van der Waals surface area contributed by atoms with Crippen LogP contribution in [0.5, 0.6) is 0 Å². The Morgan fingerprint density at radius 2 is 0.791 bits per heavy atom. The second kappa shape index (κ2) is 55.6. The molecule has 1 saturated heterocycles. The number of aryl methyl sites for hydroxylation is 5. The molecule has 0 spiro atoms. The molecule has 0 bridgehead atoms. The number of hydrogen-bond donors (Lipinski definition) is 1. The fourth-order valence-corrected chi connectivity index (χ4v) is 15.9. The Morgan fingerprint density at radius 1 is 0.353 bits per heavy atom. The van der Waals surface area contributed by atoms with Crippen molar-refractivity contribution in [1.82, 2.24) is 48.2 Å². The Hall–Kier alpha value is -13.7. The molecule has 0 saturated carbocycles. The predicted octanol–water partition coefficient (Wildman–Crippen LogP) is 16.4. The van der Waals surface area contributed by atoms with Gasteiger partial charge in [-0.05, 0) is 170 Å². The van der Waals surface area contributed by atoms with Gasteiger partial charge in [-0.2, -0.15) is 11.6 Å². The Balaban J connectivity index is 0.000000208. The van der Waals surface area contributed by atoms with E-state index < -0.39 is 0 Å². The molecule has 21 rings (SSSR count). The molecule has 3 aromatic heterocycles. The van der Waals surface area contributed by atoms with E-state index in [4.69, 9.17) is 0 Å². The van der Waals surface area contributed by atoms with Crippen molar-refractivity contribution in [2.24, 2.45) is 21.1 Å². The van der Waals surface area contributed by atoms with Crippen molar-refractivity contribution < 1.29 is 94.4 Å². The smallest absolute Gasteiger partial charge is 0.321 e. The molecule has 10 aromatic carbocycles. The van der Waals surface area contributed by atoms with E-state index in [0.717, 1.165) is 127 Å². The molecule has 9 amide bonds. The molecule has 139 heavy (non-hydrogen) atoms. The second-order valence-electron chi connectivity index (χ2n) is 33.6. The molecule has 13 aromatic rings. The molecule has 27 nitrogen and oxygen atoms in total. The van der Waals surface area contributed by atoms with Gasteiger partial charge >= 0.3 is 6.03 Å². The summed E-state index contributed by atoms with van der Waals surface area (Å²) in [6.07, 6.45) is 17.7. The van der Waals surface area contributed by atoms with Crippen LogP contribution in [0.25, 0.3) is 32.6 Å². The van der Waals surface area contributed by atoms with Crippen molar-refractivity contribution in [1.29, 1.82) is 0 Å². The third kappa shape index (κ3) is 31.1. The number of hydrogen-bond acceptors (Lipinski definition) is 15. The summed E-state index contributed by atoms with van der Waals surface area (Å²) in [5.74, 6) is 1.21. The minimum atomic E-state index is -0.0539. The van der Waals surface area contributed by atoms with E-state index in [9.17, 15) is 57.5 Å². The van der Waals surface area contributed by atoms with Gasteiger partial charge in [0.25, 0.3) is 28.5 Å². The van der Waals surface area contributed by atoms with Crippen molar-refractivity contribution in [2.45, 2.75) is 111 Å². The fourth-order valence-electron chi connectivity index (χ4n) is 15.9. The molecule has 0 atom stereocenters. The predicted molar refractivity (Wildman–Crippen MR) is 548 cm³/mol. The molecule has 0 unspecified atom stereocenters. The van der Waals surface area contributed by atoms with Crippen LogP contribution in [0.4, 0.5) is 33.2 Å². The van der Waals surface area contributed by atoms with E-state index in [1.165, 1.54) is 73.4 Å². The van der Waals surface area contributed by atoms with Gasteiger partial charge in [0.15, 0.2) is 0 Å². The zero-order valence-electron chi connectivity index (χ0n) is 82.4. The van der Waals surface area contributed by atoms with E-state index in [-0.39, 0.29) is 123 Å². The van der Waals surface area contributed by atoms with Crippen LogP contribution in [0.3, 0.4) is 0 Å². The number of para-hydroxylation sites is 7. The number of nitrogens with zero attached hydrogens (tertiary/aromatic N) is 14. The van der Waals surface area contributed by atoms with Crippen LogP contribution in [0.15, 0.2) is 282 Å². The molecule has 0 aliphatic carbocycles. The number of anilines is 5. The zero-order chi connectivity index (χ0) is 98.1. The average molecular weight is 1990 g/mol. The first kappa shape index (κ1) is 112. The first-order valence-electron chi connectivity index (χ1n) is 45.8. The van der Waals surface area contributed by atoms with Gasteiger partial charge in [-0.15, -0.1) is 12.5 Å². The quantitative estimate of drug-likeness (QED) is 0.138. The maximum absolute atomic E-state index is 11.8. The molecular formula is C110H127N15O12VY-2. The minimum Gasteiger partial charge on any atom is -0.420 e. The third-order valence-corrected chi connectivity index (χ3v) is 23.8. The number of urea groups is 1. The third-order valence-electron chi connectivity index (χ3n) is 23.8. The number of likely N-dealkylation sites (tertiary alicyclic amines) is 1. The number of likely N-dealkylation sites (N-methyl/N-ethyl adjacent to an activating group) is 3. The standard InChI is InChI=1S/C12H15NO.C11H12N2O2.C11H13NO.C10H10NO.2C10H11NO.C10H9NO.2C9H8N2O.C9H10N2O.C6H11NO.C2H6.CH3.V.Y/c1-13-11-8-4-2-6-10(11)7-3-5-9-12(13)14;1-8(14)13-7-12(2)11(15)9-5-3-4-6-10(9)13;1-12-10-7-3-2-5-9(10)6-4-8-11(12)13;1-11-7-9(12)6-8-4-2-3-5-10(8)11;1-11-7-9-5-3-2-4-8(9)6-10(11)12;2*1-11-7-6-8-4-2-3-5-9(8)10(11)12;2*1-11-6-10-8-5-3-2-4-7(8)9(11)12;1-11-6-7-4-2-3-5-8(7)10-9(11)12;1-7-5-3-2-4-6(7)8;1-2;;;/h2,4,6,8H,3,5,7,9H2,1H3;3-6H,7H2,1-2H3;2-3,5,7H,4,6,8H2,1H3;2-6H,7H2,1H3;2*2-5H,6-7H2,1H3;2-7H,1H3;2*2-6H,1H3;2-5H,6H2,1H3,(H,10,12);2-5H2,1H3;1-2H3;1H3;;/q;;;-1;;;;;;;;;-1;;. The summed E-state index contributed by atoms with van der Waals surface area (Å²) in [6, 6.07) is 79.3. The number of piperidine rings is 1. The molecular weight excluding hydrogens is 1860 g/mol. The maximum Gasteiger partial charge on any atom is 0.321 e. The van der Waals surface area contributed by atoms with Crippen LogP contribution in [-0.4, -0.2) is 184 Å². The molecule has 724 valence electrons. The molecule has 2 radical (unpaired) electrons. The molecule has 8 aliphatic rings. The van der Waals surface area contributed by atoms with Crippen molar-refractivity contribution in [3.05, 3.63) is 363 Å². The first-order chi connectivity index (χ1) is 65.5. The van der Waals surface area contributed by atoms with Crippen molar-refractivity contribution >= 4 is 114 Å². The molecule has 8 aliphatic heterocycles. The van der Waals surface area contributed by atoms with Gasteiger partial charge in [0.2, 0.25) is 29.5 Å². The summed E-state index contributed by atoms with van der Waals surface area (Å²) in [5, 5.41) is 5.92. The summed E-state index contributed by atoms with van der Waals surface area (Å²) in [4.78, 5) is 160. The van der Waals surface area contributed by atoms with Crippen LogP contribution in [0.2, 0.25) is 0 Å². The summed E-state index contributed by atoms with van der Waals surface area (Å²) in [7, 11) is 19.8. The number of rotatable bonds is 0. The summed E-state index contributed by atoms with van der Waals surface area (Å²) in [6.45, 7) is 9.58. The van der Waals surface area contributed by atoms with Crippen LogP contribution >= 0.6 is 0 Å². The second-order valence-corrected chi connectivity index (χ2v) is 33.6. The summed E-state index contributed by atoms with van der Waals surface area (Å²) < 4.78 is 4.53. The Kier molecular flexibility index (Phi) is 44.9. The minimum absolute atomic E-state index is 0. The Bertz CT molecular complexity index is 6300. The van der Waals surface area contributed by atoms with Gasteiger partial charge in [-0.3, -0.25) is 52.8 Å². The Morgan fingerprint density at radius 3 is 1.37 bits per heavy atom. The molecule has 29 heteroatoms. The van der Waals surface area contributed by atoms with E-state index in [1.54, 1.807) is 117 Å². The van der Waals surface area contributed by atoms with Crippen molar-refractivity contribution in [3.63, 3.8) is 0 Å². The van der Waals surface area contributed by atoms with E-state index >= 15 is 0 Å². The van der Waals surface area contributed by atoms with Crippen LogP contribution in [0, 0.1) is 13.8 Å². The number of benzene rings is 10. The van der Waals surface area contributed by atoms with E-state index in [1.807, 2.05) is 261 Å². The summed E-state index contributed by atoms with van der Waals surface area (Å²) >= 11 is 0. The number of nitrogens with one attached hydrogen (secondary N) is 1. The molecule has 1 N–H and O–H groups in total. The fraction of sp³-hybridized carbons (Fsp3) is 0.291.